The molecule has 6 nitrogen and oxygen atoms in total. The van der Waals surface area contributed by atoms with Crippen LogP contribution in [0.5, 0.6) is 0 Å². The van der Waals surface area contributed by atoms with Gasteiger partial charge in [-0.2, -0.15) is 0 Å². The van der Waals surface area contributed by atoms with Gasteiger partial charge in [0.15, 0.2) is 5.13 Å². The Hall–Kier alpha value is -3.13. The van der Waals surface area contributed by atoms with Crippen LogP contribution in [-0.2, 0) is 0 Å². The lowest BCUT2D eigenvalue weighted by molar-refractivity contribution is -0.385. The van der Waals surface area contributed by atoms with Crippen LogP contribution in [0.25, 0.3) is 11.3 Å². The molecule has 0 saturated heterocycles. The van der Waals surface area contributed by atoms with Gasteiger partial charge in [0.05, 0.1) is 10.6 Å². The largest absolute Gasteiger partial charge is 0.298 e. The van der Waals surface area contributed by atoms with E-state index in [4.69, 9.17) is 0 Å². The predicted molar refractivity (Wildman–Crippen MR) is 93.3 cm³/mol. The first-order valence-electron chi connectivity index (χ1n) is 7.22. The van der Waals surface area contributed by atoms with Gasteiger partial charge < -0.3 is 0 Å². The fourth-order valence-electron chi connectivity index (χ4n) is 2.20. The summed E-state index contributed by atoms with van der Waals surface area (Å²) in [5.74, 6) is -0.823. The van der Waals surface area contributed by atoms with Gasteiger partial charge >= 0.3 is 0 Å². The third-order valence-electron chi connectivity index (χ3n) is 3.53. The third kappa shape index (κ3) is 3.69. The SMILES string of the molecule is Cc1ccc(C(=O)Nc2nc(-c3ccc(F)cc3)cs2)cc1[N+](=O)[O-]. The minimum atomic E-state index is -0.526. The molecule has 0 saturated carbocycles. The van der Waals surface area contributed by atoms with Gasteiger partial charge in [-0.25, -0.2) is 9.37 Å². The van der Waals surface area contributed by atoms with Crippen LogP contribution < -0.4 is 5.32 Å². The molecule has 0 aliphatic rings. The second-order valence-corrected chi connectivity index (χ2v) is 6.12. The molecule has 1 heterocycles. The number of aryl methyl sites for hydroxylation is 1. The smallest absolute Gasteiger partial charge is 0.273 e. The van der Waals surface area contributed by atoms with Crippen molar-refractivity contribution in [2.45, 2.75) is 6.92 Å². The lowest BCUT2D eigenvalue weighted by atomic mass is 10.1. The van der Waals surface area contributed by atoms with Gasteiger partial charge in [-0.05, 0) is 37.3 Å². The van der Waals surface area contributed by atoms with Gasteiger partial charge in [0.25, 0.3) is 11.6 Å². The van der Waals surface area contributed by atoms with Gasteiger partial charge in [-0.3, -0.25) is 20.2 Å². The summed E-state index contributed by atoms with van der Waals surface area (Å²) < 4.78 is 13.0. The van der Waals surface area contributed by atoms with Crippen molar-refractivity contribution in [3.63, 3.8) is 0 Å². The number of nitro groups is 1. The summed E-state index contributed by atoms with van der Waals surface area (Å²) in [5, 5.41) is 15.7. The average Bonchev–Trinajstić information content (AvgIpc) is 3.04. The fourth-order valence-corrected chi connectivity index (χ4v) is 2.92. The number of hydrogen-bond donors (Lipinski definition) is 1. The molecular weight excluding hydrogens is 345 g/mol. The average molecular weight is 357 g/mol. The number of nitro benzene ring substituents is 1. The number of hydrogen-bond acceptors (Lipinski definition) is 5. The number of nitrogens with zero attached hydrogens (tertiary/aromatic N) is 2. The summed E-state index contributed by atoms with van der Waals surface area (Å²) in [5.41, 5.74) is 1.88. The normalized spacial score (nSPS) is 10.5. The fraction of sp³-hybridized carbons (Fsp3) is 0.0588. The number of benzene rings is 2. The minimum Gasteiger partial charge on any atom is -0.298 e. The second kappa shape index (κ2) is 6.78. The van der Waals surface area contributed by atoms with Crippen LogP contribution in [0.2, 0.25) is 0 Å². The Morgan fingerprint density at radius 3 is 2.64 bits per heavy atom. The minimum absolute atomic E-state index is 0.112. The van der Waals surface area contributed by atoms with Crippen LogP contribution in [-0.4, -0.2) is 15.8 Å². The molecule has 0 spiro atoms. The maximum absolute atomic E-state index is 13.0. The van der Waals surface area contributed by atoms with Gasteiger partial charge in [0.1, 0.15) is 5.82 Å². The Balaban J connectivity index is 1.79. The molecule has 8 heteroatoms. The summed E-state index contributed by atoms with van der Waals surface area (Å²) in [6, 6.07) is 10.1. The zero-order valence-electron chi connectivity index (χ0n) is 13.0. The van der Waals surface area contributed by atoms with Gasteiger partial charge in [0, 0.05) is 28.1 Å². The third-order valence-corrected chi connectivity index (χ3v) is 4.29. The quantitative estimate of drug-likeness (QED) is 0.553. The van der Waals surface area contributed by atoms with Crippen molar-refractivity contribution in [2.24, 2.45) is 0 Å². The standard InChI is InChI=1S/C17H12FN3O3S/c1-10-2-3-12(8-15(10)21(23)24)16(22)20-17-19-14(9-25-17)11-4-6-13(18)7-5-11/h2-9H,1H3,(H,19,20,22). The molecule has 0 fully saturated rings. The number of thiazole rings is 1. The molecule has 0 radical (unpaired) electrons. The summed E-state index contributed by atoms with van der Waals surface area (Å²) in [6.45, 7) is 1.61. The van der Waals surface area contributed by atoms with E-state index >= 15 is 0 Å². The highest BCUT2D eigenvalue weighted by molar-refractivity contribution is 7.14. The predicted octanol–water partition coefficient (Wildman–Crippen LogP) is 4.42. The molecule has 1 N–H and O–H groups in total. The highest BCUT2D eigenvalue weighted by atomic mass is 32.1. The van der Waals surface area contributed by atoms with E-state index in [-0.39, 0.29) is 17.1 Å². The lowest BCUT2D eigenvalue weighted by Gasteiger charge is -2.03. The number of aromatic nitrogens is 1. The van der Waals surface area contributed by atoms with Gasteiger partial charge in [-0.1, -0.05) is 6.07 Å². The van der Waals surface area contributed by atoms with Crippen molar-refractivity contribution < 1.29 is 14.1 Å². The number of halogens is 1. The molecule has 1 amide bonds. The van der Waals surface area contributed by atoms with E-state index in [1.165, 1.54) is 41.7 Å². The van der Waals surface area contributed by atoms with Crippen LogP contribution >= 0.6 is 11.3 Å². The molecule has 0 aliphatic heterocycles. The van der Waals surface area contributed by atoms with E-state index in [2.05, 4.69) is 10.3 Å². The molecule has 0 aliphatic carbocycles. The van der Waals surface area contributed by atoms with Gasteiger partial charge in [-0.15, -0.1) is 11.3 Å². The number of rotatable bonds is 4. The first-order chi connectivity index (χ1) is 11.9. The highest BCUT2D eigenvalue weighted by Crippen LogP contribution is 2.26. The molecule has 0 unspecified atom stereocenters. The van der Waals surface area contributed by atoms with Crippen LogP contribution in [0.4, 0.5) is 15.2 Å². The topological polar surface area (TPSA) is 85.1 Å². The number of anilines is 1. The van der Waals surface area contributed by atoms with Crippen molar-refractivity contribution in [1.29, 1.82) is 0 Å². The maximum atomic E-state index is 13.0. The molecule has 126 valence electrons. The second-order valence-electron chi connectivity index (χ2n) is 5.26. The zero-order chi connectivity index (χ0) is 18.0. The van der Waals surface area contributed by atoms with E-state index < -0.39 is 10.8 Å². The van der Waals surface area contributed by atoms with Crippen molar-refractivity contribution in [3.05, 3.63) is 74.9 Å². The van der Waals surface area contributed by atoms with Crippen LogP contribution in [0.15, 0.2) is 47.8 Å². The summed E-state index contributed by atoms with van der Waals surface area (Å²) >= 11 is 1.21. The number of carbonyl (C=O) groups excluding carboxylic acids is 1. The van der Waals surface area contributed by atoms with Crippen molar-refractivity contribution in [2.75, 3.05) is 5.32 Å². The molecular formula is C17H12FN3O3S. The van der Waals surface area contributed by atoms with E-state index in [0.29, 0.717) is 16.4 Å². The monoisotopic (exact) mass is 357 g/mol. The van der Waals surface area contributed by atoms with Crippen molar-refractivity contribution in [1.82, 2.24) is 4.98 Å². The van der Waals surface area contributed by atoms with Crippen molar-refractivity contribution in [3.8, 4) is 11.3 Å². The summed E-state index contributed by atoms with van der Waals surface area (Å²) in [6.07, 6.45) is 0. The molecule has 25 heavy (non-hydrogen) atoms. The molecule has 1 aromatic heterocycles. The Bertz CT molecular complexity index is 954. The Labute approximate surface area is 146 Å². The number of amides is 1. The highest BCUT2D eigenvalue weighted by Gasteiger charge is 2.16. The Morgan fingerprint density at radius 2 is 1.96 bits per heavy atom. The molecule has 0 bridgehead atoms. The van der Waals surface area contributed by atoms with E-state index in [0.717, 1.165) is 5.56 Å². The van der Waals surface area contributed by atoms with E-state index in [1.807, 2.05) is 0 Å². The Kier molecular flexibility index (Phi) is 4.53. The molecule has 0 atom stereocenters. The number of nitrogens with one attached hydrogen (secondary N) is 1. The van der Waals surface area contributed by atoms with Crippen LogP contribution in [0, 0.1) is 22.9 Å². The first-order valence-corrected chi connectivity index (χ1v) is 8.10. The van der Waals surface area contributed by atoms with E-state index in [1.54, 1.807) is 24.4 Å². The van der Waals surface area contributed by atoms with Gasteiger partial charge in [0.2, 0.25) is 0 Å². The molecule has 2 aromatic carbocycles. The lowest BCUT2D eigenvalue weighted by Crippen LogP contribution is -2.12. The summed E-state index contributed by atoms with van der Waals surface area (Å²) in [4.78, 5) is 27.0. The molecule has 3 rings (SSSR count). The van der Waals surface area contributed by atoms with Crippen molar-refractivity contribution >= 4 is 28.1 Å². The maximum Gasteiger partial charge on any atom is 0.273 e. The summed E-state index contributed by atoms with van der Waals surface area (Å²) in [7, 11) is 0. The Morgan fingerprint density at radius 1 is 1.24 bits per heavy atom. The van der Waals surface area contributed by atoms with E-state index in [9.17, 15) is 19.3 Å². The molecule has 3 aromatic rings. The zero-order valence-corrected chi connectivity index (χ0v) is 13.8. The van der Waals surface area contributed by atoms with Crippen LogP contribution in [0.1, 0.15) is 15.9 Å². The van der Waals surface area contributed by atoms with Crippen LogP contribution in [0.3, 0.4) is 0 Å². The first kappa shape index (κ1) is 16.7. The number of carbonyl (C=O) groups is 1.